The Morgan fingerprint density at radius 1 is 1.14 bits per heavy atom. The van der Waals surface area contributed by atoms with Crippen LogP contribution in [0.5, 0.6) is 11.5 Å². The highest BCUT2D eigenvalue weighted by atomic mass is 19.3. The van der Waals surface area contributed by atoms with E-state index in [9.17, 15) is 13.6 Å². The Morgan fingerprint density at radius 3 is 2.46 bits per heavy atom. The van der Waals surface area contributed by atoms with Crippen LogP contribution in [-0.4, -0.2) is 37.6 Å². The van der Waals surface area contributed by atoms with Crippen molar-refractivity contribution in [1.29, 1.82) is 0 Å². The van der Waals surface area contributed by atoms with Crippen LogP contribution in [0.3, 0.4) is 0 Å². The van der Waals surface area contributed by atoms with Crippen LogP contribution in [0, 0.1) is 13.8 Å². The van der Waals surface area contributed by atoms with E-state index in [-0.39, 0.29) is 17.4 Å². The predicted octanol–water partition coefficient (Wildman–Crippen LogP) is 4.37. The number of likely N-dealkylation sites (N-methyl/N-ethyl adjacent to an activating group) is 1. The molecule has 152 valence electrons. The van der Waals surface area contributed by atoms with Gasteiger partial charge in [-0.3, -0.25) is 9.69 Å². The number of carbonyl (C=O) groups excluding carboxylic acids is 1. The number of benzene rings is 2. The first-order valence-electron chi connectivity index (χ1n) is 8.91. The first-order chi connectivity index (χ1) is 13.2. The Kier molecular flexibility index (Phi) is 7.34. The van der Waals surface area contributed by atoms with E-state index in [1.165, 1.54) is 13.2 Å². The van der Waals surface area contributed by atoms with E-state index in [0.717, 1.165) is 22.4 Å². The number of rotatable bonds is 8. The zero-order valence-electron chi connectivity index (χ0n) is 16.8. The minimum atomic E-state index is -2.92. The Bertz CT molecular complexity index is 827. The van der Waals surface area contributed by atoms with Gasteiger partial charge in [-0.2, -0.15) is 8.78 Å². The molecule has 2 rings (SSSR count). The van der Waals surface area contributed by atoms with Gasteiger partial charge in [0.25, 0.3) is 0 Å². The second kappa shape index (κ2) is 9.50. The van der Waals surface area contributed by atoms with Crippen LogP contribution < -0.4 is 14.8 Å². The van der Waals surface area contributed by atoms with Gasteiger partial charge in [-0.25, -0.2) is 0 Å². The number of aryl methyl sites for hydroxylation is 2. The lowest BCUT2D eigenvalue weighted by molar-refractivity contribution is -0.120. The molecule has 0 bridgehead atoms. The summed E-state index contributed by atoms with van der Waals surface area (Å²) in [6.07, 6.45) is 0. The Labute approximate surface area is 164 Å². The zero-order chi connectivity index (χ0) is 20.8. The number of hydrogen-bond acceptors (Lipinski definition) is 4. The third kappa shape index (κ3) is 5.66. The largest absolute Gasteiger partial charge is 0.493 e. The van der Waals surface area contributed by atoms with E-state index < -0.39 is 12.7 Å². The summed E-state index contributed by atoms with van der Waals surface area (Å²) >= 11 is 0. The van der Waals surface area contributed by atoms with Gasteiger partial charge >= 0.3 is 6.61 Å². The summed E-state index contributed by atoms with van der Waals surface area (Å²) in [6.45, 7) is 3.28. The fraction of sp³-hybridized carbons (Fsp3) is 0.381. The number of methoxy groups -OCH3 is 1. The Morgan fingerprint density at radius 2 is 1.86 bits per heavy atom. The lowest BCUT2D eigenvalue weighted by atomic mass is 10.1. The molecule has 0 aliphatic carbocycles. The Hall–Kier alpha value is -2.67. The molecule has 2 aromatic carbocycles. The number of nitrogens with one attached hydrogen (secondary N) is 1. The van der Waals surface area contributed by atoms with E-state index in [2.05, 4.69) is 10.1 Å². The Balaban J connectivity index is 2.04. The molecular weight excluding hydrogens is 366 g/mol. The number of nitrogens with zero attached hydrogens (tertiary/aromatic N) is 1. The first-order valence-corrected chi connectivity index (χ1v) is 8.91. The lowest BCUT2D eigenvalue weighted by Crippen LogP contribution is -2.39. The SMILES string of the molecule is COc1cc(CN(C)C(C)C(=O)Nc2ccc(C)cc2C)ccc1OC(F)F. The maximum absolute atomic E-state index is 12.6. The molecule has 0 fully saturated rings. The molecule has 1 unspecified atom stereocenters. The molecule has 2 aromatic rings. The van der Waals surface area contributed by atoms with Crippen molar-refractivity contribution in [2.45, 2.75) is 40.0 Å². The van der Waals surface area contributed by atoms with E-state index in [1.807, 2.05) is 50.9 Å². The summed E-state index contributed by atoms with van der Waals surface area (Å²) in [5.41, 5.74) is 3.73. The summed E-state index contributed by atoms with van der Waals surface area (Å²) in [5.74, 6) is 0.0715. The van der Waals surface area contributed by atoms with Gasteiger partial charge in [0.1, 0.15) is 0 Å². The van der Waals surface area contributed by atoms with Crippen LogP contribution in [0.15, 0.2) is 36.4 Å². The minimum absolute atomic E-state index is 0.0236. The number of anilines is 1. The van der Waals surface area contributed by atoms with Crippen molar-refractivity contribution in [2.24, 2.45) is 0 Å². The molecule has 0 radical (unpaired) electrons. The van der Waals surface area contributed by atoms with Gasteiger partial charge in [-0.15, -0.1) is 0 Å². The van der Waals surface area contributed by atoms with Crippen LogP contribution in [0.25, 0.3) is 0 Å². The predicted molar refractivity (Wildman–Crippen MR) is 105 cm³/mol. The van der Waals surface area contributed by atoms with Gasteiger partial charge in [0.2, 0.25) is 5.91 Å². The lowest BCUT2D eigenvalue weighted by Gasteiger charge is -2.24. The molecular formula is C21H26F2N2O3. The normalized spacial score (nSPS) is 12.2. The molecule has 1 atom stereocenters. The fourth-order valence-electron chi connectivity index (χ4n) is 2.82. The average Bonchev–Trinajstić information content (AvgIpc) is 2.64. The topological polar surface area (TPSA) is 50.8 Å². The fourth-order valence-corrected chi connectivity index (χ4v) is 2.82. The molecule has 28 heavy (non-hydrogen) atoms. The molecule has 7 heteroatoms. The smallest absolute Gasteiger partial charge is 0.387 e. The third-order valence-corrected chi connectivity index (χ3v) is 4.56. The molecule has 1 amide bonds. The number of carbonyl (C=O) groups is 1. The van der Waals surface area contributed by atoms with Crippen LogP contribution in [-0.2, 0) is 11.3 Å². The van der Waals surface area contributed by atoms with Gasteiger partial charge < -0.3 is 14.8 Å². The van der Waals surface area contributed by atoms with Crippen LogP contribution in [0.1, 0.15) is 23.6 Å². The highest BCUT2D eigenvalue weighted by Crippen LogP contribution is 2.30. The molecule has 0 heterocycles. The summed E-state index contributed by atoms with van der Waals surface area (Å²) in [4.78, 5) is 14.5. The van der Waals surface area contributed by atoms with Gasteiger partial charge in [-0.1, -0.05) is 23.8 Å². The van der Waals surface area contributed by atoms with Gasteiger partial charge in [0.15, 0.2) is 11.5 Å². The van der Waals surface area contributed by atoms with Crippen molar-refractivity contribution >= 4 is 11.6 Å². The summed E-state index contributed by atoms with van der Waals surface area (Å²) in [5, 5.41) is 2.95. The van der Waals surface area contributed by atoms with Gasteiger partial charge in [0, 0.05) is 12.2 Å². The van der Waals surface area contributed by atoms with E-state index in [1.54, 1.807) is 12.1 Å². The second-order valence-corrected chi connectivity index (χ2v) is 6.76. The van der Waals surface area contributed by atoms with Crippen molar-refractivity contribution < 1.29 is 23.0 Å². The standard InChI is InChI=1S/C21H26F2N2O3/c1-13-6-8-17(14(2)10-13)24-20(26)15(3)25(4)12-16-7-9-18(28-21(22)23)19(11-16)27-5/h6-11,15,21H,12H2,1-5H3,(H,24,26). The zero-order valence-corrected chi connectivity index (χ0v) is 16.8. The van der Waals surface area contributed by atoms with Gasteiger partial charge in [0.05, 0.1) is 13.2 Å². The molecule has 0 aromatic heterocycles. The number of alkyl halides is 2. The van der Waals surface area contributed by atoms with Crippen LogP contribution in [0.2, 0.25) is 0 Å². The highest BCUT2D eigenvalue weighted by Gasteiger charge is 2.20. The number of amides is 1. The molecule has 0 aliphatic rings. The van der Waals surface area contributed by atoms with Crippen molar-refractivity contribution in [3.8, 4) is 11.5 Å². The minimum Gasteiger partial charge on any atom is -0.493 e. The summed E-state index contributed by atoms with van der Waals surface area (Å²) < 4.78 is 34.4. The van der Waals surface area contributed by atoms with E-state index in [0.29, 0.717) is 6.54 Å². The van der Waals surface area contributed by atoms with Crippen LogP contribution in [0.4, 0.5) is 14.5 Å². The first kappa shape index (κ1) is 21.6. The molecule has 0 saturated carbocycles. The number of hydrogen-bond donors (Lipinski definition) is 1. The number of halogens is 2. The van der Waals surface area contributed by atoms with Crippen molar-refractivity contribution in [1.82, 2.24) is 4.90 Å². The molecule has 5 nitrogen and oxygen atoms in total. The third-order valence-electron chi connectivity index (χ3n) is 4.56. The second-order valence-electron chi connectivity index (χ2n) is 6.76. The number of ether oxygens (including phenoxy) is 2. The highest BCUT2D eigenvalue weighted by molar-refractivity contribution is 5.95. The van der Waals surface area contributed by atoms with Crippen molar-refractivity contribution in [2.75, 3.05) is 19.5 Å². The maximum atomic E-state index is 12.6. The average molecular weight is 392 g/mol. The quantitative estimate of drug-likeness (QED) is 0.725. The molecule has 0 spiro atoms. The van der Waals surface area contributed by atoms with Crippen molar-refractivity contribution in [3.05, 3.63) is 53.1 Å². The monoisotopic (exact) mass is 392 g/mol. The molecule has 1 N–H and O–H groups in total. The maximum Gasteiger partial charge on any atom is 0.387 e. The molecule has 0 saturated heterocycles. The summed E-state index contributed by atoms with van der Waals surface area (Å²) in [6, 6.07) is 10.2. The van der Waals surface area contributed by atoms with Crippen LogP contribution >= 0.6 is 0 Å². The van der Waals surface area contributed by atoms with E-state index >= 15 is 0 Å². The van der Waals surface area contributed by atoms with E-state index in [4.69, 9.17) is 4.74 Å². The molecule has 0 aliphatic heterocycles. The summed E-state index contributed by atoms with van der Waals surface area (Å²) in [7, 11) is 3.21. The van der Waals surface area contributed by atoms with Crippen molar-refractivity contribution in [3.63, 3.8) is 0 Å². The van der Waals surface area contributed by atoms with Gasteiger partial charge in [-0.05, 0) is 57.1 Å².